The maximum Gasteiger partial charge on any atom is 0.275 e. The standard InChI is InChI=1S/C21H21BrN4O2S/c1-14-12-15(6-7-18(14)22)23-19(27)13-26-21(28)17-5-3-2-4-16(17)20(24-26)25-8-10-29-11-9-25/h2-7,12H,8-11,13H2,1H3,(H,23,27). The Kier molecular flexibility index (Phi) is 5.91. The third-order valence-electron chi connectivity index (χ3n) is 4.89. The highest BCUT2D eigenvalue weighted by Crippen LogP contribution is 2.25. The first-order chi connectivity index (χ1) is 14.0. The number of aromatic nitrogens is 2. The topological polar surface area (TPSA) is 67.2 Å². The van der Waals surface area contributed by atoms with Crippen LogP contribution in [0, 0.1) is 6.92 Å². The van der Waals surface area contributed by atoms with Crippen molar-refractivity contribution < 1.29 is 4.79 Å². The van der Waals surface area contributed by atoms with E-state index in [0.29, 0.717) is 11.1 Å². The molecule has 1 fully saturated rings. The van der Waals surface area contributed by atoms with Crippen LogP contribution in [0.1, 0.15) is 5.56 Å². The minimum atomic E-state index is -0.281. The molecule has 0 aliphatic carbocycles. The van der Waals surface area contributed by atoms with Gasteiger partial charge >= 0.3 is 0 Å². The molecule has 8 heteroatoms. The van der Waals surface area contributed by atoms with E-state index >= 15 is 0 Å². The van der Waals surface area contributed by atoms with Gasteiger partial charge in [0, 0.05) is 40.1 Å². The van der Waals surface area contributed by atoms with Gasteiger partial charge in [-0.15, -0.1) is 0 Å². The molecule has 0 spiro atoms. The molecule has 3 aromatic rings. The van der Waals surface area contributed by atoms with Gasteiger partial charge in [-0.1, -0.05) is 34.1 Å². The molecule has 6 nitrogen and oxygen atoms in total. The van der Waals surface area contributed by atoms with Gasteiger partial charge < -0.3 is 10.2 Å². The lowest BCUT2D eigenvalue weighted by Crippen LogP contribution is -2.37. The van der Waals surface area contributed by atoms with Crippen LogP contribution in [0.5, 0.6) is 0 Å². The summed E-state index contributed by atoms with van der Waals surface area (Å²) in [5, 5.41) is 8.87. The number of halogens is 1. The van der Waals surface area contributed by atoms with Crippen molar-refractivity contribution in [3.05, 3.63) is 62.9 Å². The number of carbonyl (C=O) groups is 1. The third kappa shape index (κ3) is 4.33. The first kappa shape index (κ1) is 20.0. The van der Waals surface area contributed by atoms with Gasteiger partial charge in [0.15, 0.2) is 5.82 Å². The van der Waals surface area contributed by atoms with E-state index in [1.807, 2.05) is 55.1 Å². The number of thioether (sulfide) groups is 1. The van der Waals surface area contributed by atoms with Crippen molar-refractivity contribution in [1.29, 1.82) is 0 Å². The molecule has 4 rings (SSSR count). The summed E-state index contributed by atoms with van der Waals surface area (Å²) in [6.45, 7) is 3.58. The van der Waals surface area contributed by atoms with Gasteiger partial charge in [-0.05, 0) is 36.8 Å². The summed E-state index contributed by atoms with van der Waals surface area (Å²) in [7, 11) is 0. The molecule has 1 saturated heterocycles. The highest BCUT2D eigenvalue weighted by Gasteiger charge is 2.19. The van der Waals surface area contributed by atoms with Crippen molar-refractivity contribution in [2.24, 2.45) is 0 Å². The molecule has 1 amide bonds. The quantitative estimate of drug-likeness (QED) is 0.627. The normalized spacial score (nSPS) is 14.2. The molecule has 0 saturated carbocycles. The minimum Gasteiger partial charge on any atom is -0.353 e. The Morgan fingerprint density at radius 1 is 1.17 bits per heavy atom. The van der Waals surface area contributed by atoms with E-state index in [1.165, 1.54) is 4.68 Å². The van der Waals surface area contributed by atoms with Gasteiger partial charge in [0.05, 0.1) is 5.39 Å². The van der Waals surface area contributed by atoms with Crippen LogP contribution in [0.4, 0.5) is 11.5 Å². The number of amides is 1. The summed E-state index contributed by atoms with van der Waals surface area (Å²) in [6, 6.07) is 13.1. The molecule has 0 radical (unpaired) electrons. The highest BCUT2D eigenvalue weighted by atomic mass is 79.9. The molecular weight excluding hydrogens is 452 g/mol. The number of nitrogens with one attached hydrogen (secondary N) is 1. The van der Waals surface area contributed by atoms with Crippen LogP contribution < -0.4 is 15.8 Å². The summed E-state index contributed by atoms with van der Waals surface area (Å²) in [5.74, 6) is 2.54. The van der Waals surface area contributed by atoms with Crippen LogP contribution in [0.3, 0.4) is 0 Å². The third-order valence-corrected chi connectivity index (χ3v) is 6.73. The molecule has 29 heavy (non-hydrogen) atoms. The van der Waals surface area contributed by atoms with E-state index < -0.39 is 0 Å². The maximum absolute atomic E-state index is 12.9. The van der Waals surface area contributed by atoms with Crippen LogP contribution in [0.2, 0.25) is 0 Å². The van der Waals surface area contributed by atoms with E-state index in [1.54, 1.807) is 6.07 Å². The number of anilines is 2. The number of hydrogen-bond donors (Lipinski definition) is 1. The lowest BCUT2D eigenvalue weighted by molar-refractivity contribution is -0.117. The Morgan fingerprint density at radius 3 is 2.62 bits per heavy atom. The summed E-state index contributed by atoms with van der Waals surface area (Å²) >= 11 is 5.37. The fourth-order valence-corrected chi connectivity index (χ4v) is 4.54. The number of aryl methyl sites for hydroxylation is 1. The lowest BCUT2D eigenvalue weighted by atomic mass is 10.1. The van der Waals surface area contributed by atoms with Crippen molar-refractivity contribution >= 4 is 55.9 Å². The number of nitrogens with zero attached hydrogens (tertiary/aromatic N) is 3. The fraction of sp³-hybridized carbons (Fsp3) is 0.286. The maximum atomic E-state index is 12.9. The van der Waals surface area contributed by atoms with Crippen LogP contribution in [-0.2, 0) is 11.3 Å². The molecule has 150 valence electrons. The first-order valence-corrected chi connectivity index (χ1v) is 11.4. The van der Waals surface area contributed by atoms with E-state index in [2.05, 4.69) is 31.2 Å². The van der Waals surface area contributed by atoms with Crippen molar-refractivity contribution in [3.8, 4) is 0 Å². The summed E-state index contributed by atoms with van der Waals surface area (Å²) < 4.78 is 2.26. The van der Waals surface area contributed by atoms with E-state index in [4.69, 9.17) is 0 Å². The van der Waals surface area contributed by atoms with Gasteiger partial charge in [-0.25, -0.2) is 4.68 Å². The zero-order valence-corrected chi connectivity index (χ0v) is 18.4. The Labute approximate surface area is 181 Å². The monoisotopic (exact) mass is 472 g/mol. The molecule has 2 aromatic carbocycles. The van der Waals surface area contributed by atoms with E-state index in [-0.39, 0.29) is 18.0 Å². The van der Waals surface area contributed by atoms with Crippen LogP contribution in [-0.4, -0.2) is 40.3 Å². The van der Waals surface area contributed by atoms with Crippen LogP contribution in [0.25, 0.3) is 10.8 Å². The van der Waals surface area contributed by atoms with Gasteiger partial charge in [-0.2, -0.15) is 16.9 Å². The average Bonchev–Trinajstić information content (AvgIpc) is 2.73. The van der Waals surface area contributed by atoms with Crippen LogP contribution >= 0.6 is 27.7 Å². The summed E-state index contributed by atoms with van der Waals surface area (Å²) in [4.78, 5) is 27.8. The summed E-state index contributed by atoms with van der Waals surface area (Å²) in [6.07, 6.45) is 0. The first-order valence-electron chi connectivity index (χ1n) is 9.41. The van der Waals surface area contributed by atoms with Gasteiger partial charge in [0.2, 0.25) is 5.91 Å². The molecule has 1 N–H and O–H groups in total. The number of carbonyl (C=O) groups excluding carboxylic acids is 1. The molecule has 0 bridgehead atoms. The predicted molar refractivity (Wildman–Crippen MR) is 123 cm³/mol. The number of hydrogen-bond acceptors (Lipinski definition) is 5. The zero-order valence-electron chi connectivity index (χ0n) is 16.0. The Hall–Kier alpha value is -2.32. The largest absolute Gasteiger partial charge is 0.353 e. The SMILES string of the molecule is Cc1cc(NC(=O)Cn2nc(N3CCSCC3)c3ccccc3c2=O)ccc1Br. The number of rotatable bonds is 4. The second kappa shape index (κ2) is 8.59. The number of benzene rings is 2. The van der Waals surface area contributed by atoms with Gasteiger partial charge in [-0.3, -0.25) is 9.59 Å². The smallest absolute Gasteiger partial charge is 0.275 e. The van der Waals surface area contributed by atoms with Crippen LogP contribution in [0.15, 0.2) is 51.7 Å². The Morgan fingerprint density at radius 2 is 1.90 bits per heavy atom. The molecular formula is C21H21BrN4O2S. The molecule has 1 aromatic heterocycles. The van der Waals surface area contributed by atoms with Gasteiger partial charge in [0.25, 0.3) is 5.56 Å². The predicted octanol–water partition coefficient (Wildman–Crippen LogP) is 3.66. The zero-order chi connectivity index (χ0) is 20.4. The van der Waals surface area contributed by atoms with Crippen molar-refractivity contribution in [1.82, 2.24) is 9.78 Å². The average molecular weight is 473 g/mol. The van der Waals surface area contributed by atoms with Crippen molar-refractivity contribution in [2.75, 3.05) is 34.8 Å². The number of fused-ring (bicyclic) bond motifs is 1. The molecule has 1 aliphatic rings. The molecule has 2 heterocycles. The second-order valence-corrected chi connectivity index (χ2v) is 9.02. The highest BCUT2D eigenvalue weighted by molar-refractivity contribution is 9.10. The molecule has 0 atom stereocenters. The molecule has 0 unspecified atom stereocenters. The minimum absolute atomic E-state index is 0.131. The summed E-state index contributed by atoms with van der Waals surface area (Å²) in [5.41, 5.74) is 1.46. The van der Waals surface area contributed by atoms with Gasteiger partial charge in [0.1, 0.15) is 6.54 Å². The second-order valence-electron chi connectivity index (χ2n) is 6.94. The van der Waals surface area contributed by atoms with E-state index in [9.17, 15) is 9.59 Å². The fourth-order valence-electron chi connectivity index (χ4n) is 3.39. The molecule has 1 aliphatic heterocycles. The van der Waals surface area contributed by atoms with E-state index in [0.717, 1.165) is 45.8 Å². The van der Waals surface area contributed by atoms with Crippen molar-refractivity contribution in [2.45, 2.75) is 13.5 Å². The lowest BCUT2D eigenvalue weighted by Gasteiger charge is -2.28. The Balaban J connectivity index is 1.65. The van der Waals surface area contributed by atoms with Crippen molar-refractivity contribution in [3.63, 3.8) is 0 Å². The Bertz CT molecular complexity index is 1130.